The van der Waals surface area contributed by atoms with Gasteiger partial charge in [0.2, 0.25) is 5.91 Å². The van der Waals surface area contributed by atoms with E-state index in [2.05, 4.69) is 16.0 Å². The maximum absolute atomic E-state index is 13.1. The predicted molar refractivity (Wildman–Crippen MR) is 133 cm³/mol. The van der Waals surface area contributed by atoms with Gasteiger partial charge in [-0.05, 0) is 56.2 Å². The van der Waals surface area contributed by atoms with Crippen LogP contribution in [0.15, 0.2) is 72.8 Å². The van der Waals surface area contributed by atoms with Gasteiger partial charge in [0, 0.05) is 5.69 Å². The molecule has 0 unspecified atom stereocenters. The van der Waals surface area contributed by atoms with E-state index in [1.54, 1.807) is 49.4 Å². The third kappa shape index (κ3) is 4.91. The number of nitrogens with zero attached hydrogens (tertiary/aromatic N) is 1. The third-order valence-corrected chi connectivity index (χ3v) is 5.93. The summed E-state index contributed by atoms with van der Waals surface area (Å²) in [5, 5.41) is 8.16. The van der Waals surface area contributed by atoms with Crippen molar-refractivity contribution in [2.45, 2.75) is 26.3 Å². The Kier molecular flexibility index (Phi) is 6.38. The van der Waals surface area contributed by atoms with Gasteiger partial charge in [0.25, 0.3) is 11.8 Å². The average molecular weight is 471 g/mol. The van der Waals surface area contributed by atoms with Gasteiger partial charge >= 0.3 is 6.03 Å². The van der Waals surface area contributed by atoms with E-state index in [-0.39, 0.29) is 11.3 Å². The molecule has 8 heteroatoms. The van der Waals surface area contributed by atoms with Crippen LogP contribution in [0.2, 0.25) is 0 Å². The van der Waals surface area contributed by atoms with Crippen LogP contribution in [-0.4, -0.2) is 35.2 Å². The molecule has 0 bridgehead atoms. The van der Waals surface area contributed by atoms with Crippen molar-refractivity contribution in [1.82, 2.24) is 10.2 Å². The summed E-state index contributed by atoms with van der Waals surface area (Å²) in [6.45, 7) is 4.97. The van der Waals surface area contributed by atoms with Crippen LogP contribution in [0.25, 0.3) is 0 Å². The van der Waals surface area contributed by atoms with Gasteiger partial charge in [-0.2, -0.15) is 0 Å². The fourth-order valence-electron chi connectivity index (χ4n) is 3.97. The van der Waals surface area contributed by atoms with Crippen molar-refractivity contribution in [3.05, 3.63) is 95.1 Å². The summed E-state index contributed by atoms with van der Waals surface area (Å²) in [5.41, 5.74) is 2.54. The Morgan fingerprint density at radius 3 is 2.31 bits per heavy atom. The topological polar surface area (TPSA) is 108 Å². The van der Waals surface area contributed by atoms with Crippen LogP contribution in [-0.2, 0) is 15.1 Å². The number of amides is 5. The zero-order valence-electron chi connectivity index (χ0n) is 19.7. The fraction of sp³-hybridized carbons (Fsp3) is 0.185. The van der Waals surface area contributed by atoms with Crippen LogP contribution in [0, 0.1) is 13.8 Å². The van der Waals surface area contributed by atoms with E-state index in [1.165, 1.54) is 0 Å². The van der Waals surface area contributed by atoms with E-state index in [0.29, 0.717) is 11.3 Å². The first-order chi connectivity index (χ1) is 16.7. The highest BCUT2D eigenvalue weighted by Gasteiger charge is 2.49. The Morgan fingerprint density at radius 1 is 0.886 bits per heavy atom. The van der Waals surface area contributed by atoms with Gasteiger partial charge in [-0.25, -0.2) is 4.79 Å². The summed E-state index contributed by atoms with van der Waals surface area (Å²) in [6.07, 6.45) is 0. The Bertz CT molecular complexity index is 1320. The third-order valence-electron chi connectivity index (χ3n) is 5.93. The molecule has 1 aliphatic heterocycles. The van der Waals surface area contributed by atoms with Gasteiger partial charge in [-0.15, -0.1) is 0 Å². The molecule has 3 N–H and O–H groups in total. The number of anilines is 2. The van der Waals surface area contributed by atoms with E-state index in [1.807, 2.05) is 44.2 Å². The van der Waals surface area contributed by atoms with Crippen LogP contribution >= 0.6 is 0 Å². The number of imide groups is 1. The average Bonchev–Trinajstić information content (AvgIpc) is 3.03. The molecule has 178 valence electrons. The Balaban J connectivity index is 1.47. The van der Waals surface area contributed by atoms with E-state index in [0.717, 1.165) is 16.0 Å². The number of rotatable bonds is 6. The van der Waals surface area contributed by atoms with Crippen molar-refractivity contribution in [2.75, 3.05) is 17.2 Å². The zero-order chi connectivity index (χ0) is 25.2. The lowest BCUT2D eigenvalue weighted by Crippen LogP contribution is -2.42. The van der Waals surface area contributed by atoms with Gasteiger partial charge < -0.3 is 16.0 Å². The molecule has 1 fully saturated rings. The predicted octanol–water partition coefficient (Wildman–Crippen LogP) is 3.96. The second kappa shape index (κ2) is 9.42. The smallest absolute Gasteiger partial charge is 0.324 e. The van der Waals surface area contributed by atoms with Crippen molar-refractivity contribution >= 4 is 35.1 Å². The van der Waals surface area contributed by atoms with Crippen molar-refractivity contribution in [3.63, 3.8) is 0 Å². The Morgan fingerprint density at radius 2 is 1.60 bits per heavy atom. The highest BCUT2D eigenvalue weighted by Crippen LogP contribution is 2.29. The summed E-state index contributed by atoms with van der Waals surface area (Å²) in [4.78, 5) is 52.2. The molecule has 5 amide bonds. The zero-order valence-corrected chi connectivity index (χ0v) is 19.7. The van der Waals surface area contributed by atoms with Crippen LogP contribution < -0.4 is 16.0 Å². The van der Waals surface area contributed by atoms with Crippen molar-refractivity contribution in [3.8, 4) is 0 Å². The van der Waals surface area contributed by atoms with Gasteiger partial charge in [-0.1, -0.05) is 54.1 Å². The van der Waals surface area contributed by atoms with Crippen molar-refractivity contribution < 1.29 is 19.2 Å². The lowest BCUT2D eigenvalue weighted by Gasteiger charge is -2.22. The number of benzene rings is 3. The van der Waals surface area contributed by atoms with E-state index < -0.39 is 35.8 Å². The molecule has 0 aromatic heterocycles. The minimum atomic E-state index is -1.27. The number of para-hydroxylation sites is 1. The molecule has 0 saturated carbocycles. The number of hydrogen-bond donors (Lipinski definition) is 3. The second-order valence-electron chi connectivity index (χ2n) is 8.73. The number of nitrogens with one attached hydrogen (secondary N) is 3. The van der Waals surface area contributed by atoms with E-state index >= 15 is 0 Å². The largest absolute Gasteiger partial charge is 0.325 e. The van der Waals surface area contributed by atoms with Crippen LogP contribution in [0.3, 0.4) is 0 Å². The first kappa shape index (κ1) is 23.7. The van der Waals surface area contributed by atoms with Crippen LogP contribution in [0.1, 0.15) is 34.0 Å². The number of carbonyl (C=O) groups excluding carboxylic acids is 4. The monoisotopic (exact) mass is 470 g/mol. The second-order valence-corrected chi connectivity index (χ2v) is 8.73. The lowest BCUT2D eigenvalue weighted by molar-refractivity contribution is -0.133. The number of urea groups is 1. The quantitative estimate of drug-likeness (QED) is 0.474. The maximum Gasteiger partial charge on any atom is 0.325 e. The SMILES string of the molecule is Cc1ccc([C@@]2(C)NC(=O)N(CC(=O)Nc3ccccc3C(=O)Nc3cccc(C)c3)C2=O)cc1. The molecule has 1 saturated heterocycles. The number of hydrogen-bond acceptors (Lipinski definition) is 4. The normalized spacial score (nSPS) is 17.2. The molecule has 4 rings (SSSR count). The van der Waals surface area contributed by atoms with Gasteiger partial charge in [0.1, 0.15) is 12.1 Å². The van der Waals surface area contributed by atoms with Gasteiger partial charge in [0.05, 0.1) is 11.3 Å². The minimum Gasteiger partial charge on any atom is -0.324 e. The minimum absolute atomic E-state index is 0.254. The standard InChI is InChI=1S/C27H26N4O4/c1-17-11-13-19(14-12-17)27(3)25(34)31(26(35)30-27)16-23(32)29-22-10-5-4-9-21(22)24(33)28-20-8-6-7-18(2)15-20/h4-15H,16H2,1-3H3,(H,28,33)(H,29,32)(H,30,35)/t27-/m1/s1. The molecule has 1 heterocycles. The molecule has 35 heavy (non-hydrogen) atoms. The van der Waals surface area contributed by atoms with Crippen LogP contribution in [0.4, 0.5) is 16.2 Å². The molecule has 0 aliphatic carbocycles. The Hall–Kier alpha value is -4.46. The highest BCUT2D eigenvalue weighted by molar-refractivity contribution is 6.12. The van der Waals surface area contributed by atoms with Crippen LogP contribution in [0.5, 0.6) is 0 Å². The molecule has 3 aromatic carbocycles. The van der Waals surface area contributed by atoms with Gasteiger partial charge in [-0.3, -0.25) is 19.3 Å². The molecule has 0 spiro atoms. The molecular formula is C27H26N4O4. The first-order valence-electron chi connectivity index (χ1n) is 11.2. The number of carbonyl (C=O) groups is 4. The first-order valence-corrected chi connectivity index (χ1v) is 11.2. The summed E-state index contributed by atoms with van der Waals surface area (Å²) >= 11 is 0. The molecule has 0 radical (unpaired) electrons. The molecule has 1 aliphatic rings. The van der Waals surface area contributed by atoms with E-state index in [4.69, 9.17) is 0 Å². The fourth-order valence-corrected chi connectivity index (χ4v) is 3.97. The van der Waals surface area contributed by atoms with E-state index in [9.17, 15) is 19.2 Å². The summed E-state index contributed by atoms with van der Waals surface area (Å²) in [5.74, 6) is -1.52. The van der Waals surface area contributed by atoms with Gasteiger partial charge in [0.15, 0.2) is 0 Å². The summed E-state index contributed by atoms with van der Waals surface area (Å²) < 4.78 is 0. The Labute approximate surface area is 203 Å². The lowest BCUT2D eigenvalue weighted by atomic mass is 9.91. The molecular weight excluding hydrogens is 444 g/mol. The number of aryl methyl sites for hydroxylation is 2. The maximum atomic E-state index is 13.1. The summed E-state index contributed by atoms with van der Waals surface area (Å²) in [7, 11) is 0. The molecule has 1 atom stereocenters. The van der Waals surface area contributed by atoms with Crippen molar-refractivity contribution in [1.29, 1.82) is 0 Å². The highest BCUT2D eigenvalue weighted by atomic mass is 16.2. The molecule has 3 aromatic rings. The molecule has 8 nitrogen and oxygen atoms in total. The summed E-state index contributed by atoms with van der Waals surface area (Å²) in [6, 6.07) is 20.5. The van der Waals surface area contributed by atoms with Crippen molar-refractivity contribution in [2.24, 2.45) is 0 Å².